The van der Waals surface area contributed by atoms with Crippen molar-refractivity contribution in [3.8, 4) is 11.4 Å². The molecule has 1 N–H and O–H groups in total. The maximum Gasteiger partial charge on any atom is 0.336 e. The van der Waals surface area contributed by atoms with Crippen LogP contribution in [0.5, 0.6) is 0 Å². The molecule has 5 heteroatoms. The summed E-state index contributed by atoms with van der Waals surface area (Å²) in [5.41, 5.74) is 1.53. The molecule has 0 amide bonds. The van der Waals surface area contributed by atoms with Gasteiger partial charge in [0, 0.05) is 11.8 Å². The van der Waals surface area contributed by atoms with Gasteiger partial charge in [-0.05, 0) is 18.2 Å². The molecule has 0 saturated heterocycles. The molecule has 94 valence electrons. The Bertz CT molecular complexity index is 780. The number of carboxylic acid groups (broad SMARTS) is 1. The lowest BCUT2D eigenvalue weighted by molar-refractivity contribution is 0.0697. The molecule has 3 rings (SSSR count). The van der Waals surface area contributed by atoms with Crippen LogP contribution in [-0.4, -0.2) is 20.5 Å². The predicted octanol–water partition coefficient (Wildman–Crippen LogP) is 3.35. The van der Waals surface area contributed by atoms with Gasteiger partial charge in [0.05, 0.1) is 22.3 Å². The number of carboxylic acids is 1. The monoisotopic (exact) mass is 272 g/mol. The molecular weight excluding hydrogens is 264 g/mol. The standard InChI is InChI=1S/C14H9ClN2O2/c15-11-6-3-7-17-12(11)8-16-13(17)9-4-1-2-5-10(9)14(18)19/h1-8H,(H,18,19). The Morgan fingerprint density at radius 3 is 2.79 bits per heavy atom. The Labute approximate surface area is 113 Å². The van der Waals surface area contributed by atoms with Gasteiger partial charge in [-0.1, -0.05) is 29.8 Å². The maximum absolute atomic E-state index is 11.3. The van der Waals surface area contributed by atoms with Crippen molar-refractivity contribution in [2.24, 2.45) is 0 Å². The fourth-order valence-electron chi connectivity index (χ4n) is 2.05. The van der Waals surface area contributed by atoms with E-state index in [1.165, 1.54) is 0 Å². The molecule has 3 aromatic rings. The summed E-state index contributed by atoms with van der Waals surface area (Å²) in [4.78, 5) is 15.5. The van der Waals surface area contributed by atoms with Gasteiger partial charge in [-0.3, -0.25) is 4.40 Å². The number of hydrogen-bond acceptors (Lipinski definition) is 2. The number of aromatic carboxylic acids is 1. The molecule has 0 unspecified atom stereocenters. The number of nitrogens with zero attached hydrogens (tertiary/aromatic N) is 2. The molecule has 0 atom stereocenters. The number of benzene rings is 1. The van der Waals surface area contributed by atoms with Gasteiger partial charge in [-0.15, -0.1) is 0 Å². The summed E-state index contributed by atoms with van der Waals surface area (Å²) in [5.74, 6) is -0.412. The summed E-state index contributed by atoms with van der Waals surface area (Å²) in [6.45, 7) is 0. The Kier molecular flexibility index (Phi) is 2.72. The van der Waals surface area contributed by atoms with Crippen LogP contribution in [0.4, 0.5) is 0 Å². The molecule has 0 aliphatic rings. The van der Waals surface area contributed by atoms with Crippen LogP contribution in [0.3, 0.4) is 0 Å². The minimum Gasteiger partial charge on any atom is -0.478 e. The third-order valence-electron chi connectivity index (χ3n) is 2.92. The van der Waals surface area contributed by atoms with Crippen LogP contribution >= 0.6 is 11.6 Å². The summed E-state index contributed by atoms with van der Waals surface area (Å²) in [6, 6.07) is 10.3. The Morgan fingerprint density at radius 1 is 1.21 bits per heavy atom. The van der Waals surface area contributed by atoms with Crippen molar-refractivity contribution in [3.05, 3.63) is 59.4 Å². The van der Waals surface area contributed by atoms with Gasteiger partial charge in [0.2, 0.25) is 0 Å². The minimum atomic E-state index is -0.977. The second kappa shape index (κ2) is 4.40. The molecule has 0 radical (unpaired) electrons. The van der Waals surface area contributed by atoms with Gasteiger partial charge >= 0.3 is 5.97 Å². The van der Waals surface area contributed by atoms with Crippen LogP contribution in [0.15, 0.2) is 48.8 Å². The maximum atomic E-state index is 11.3. The van der Waals surface area contributed by atoms with E-state index in [9.17, 15) is 9.90 Å². The average molecular weight is 273 g/mol. The molecule has 0 bridgehead atoms. The van der Waals surface area contributed by atoms with E-state index in [1.807, 2.05) is 6.20 Å². The lowest BCUT2D eigenvalue weighted by Crippen LogP contribution is -2.01. The highest BCUT2D eigenvalue weighted by Gasteiger charge is 2.15. The van der Waals surface area contributed by atoms with E-state index in [4.69, 9.17) is 11.6 Å². The fourth-order valence-corrected chi connectivity index (χ4v) is 2.26. The van der Waals surface area contributed by atoms with Crippen molar-refractivity contribution in [1.82, 2.24) is 9.38 Å². The van der Waals surface area contributed by atoms with E-state index in [2.05, 4.69) is 4.98 Å². The molecule has 0 aliphatic carbocycles. The van der Waals surface area contributed by atoms with Gasteiger partial charge in [0.25, 0.3) is 0 Å². The molecular formula is C14H9ClN2O2. The summed E-state index contributed by atoms with van der Waals surface area (Å²) in [7, 11) is 0. The van der Waals surface area contributed by atoms with Crippen molar-refractivity contribution in [3.63, 3.8) is 0 Å². The second-order valence-corrected chi connectivity index (χ2v) is 4.45. The zero-order valence-electron chi connectivity index (χ0n) is 9.75. The number of hydrogen-bond donors (Lipinski definition) is 1. The van der Waals surface area contributed by atoms with E-state index in [-0.39, 0.29) is 5.56 Å². The molecule has 0 saturated carbocycles. The normalized spacial score (nSPS) is 10.8. The topological polar surface area (TPSA) is 54.6 Å². The van der Waals surface area contributed by atoms with Crippen LogP contribution in [0.1, 0.15) is 10.4 Å². The first-order valence-electron chi connectivity index (χ1n) is 5.63. The Balaban J connectivity index is 2.32. The molecule has 0 fully saturated rings. The smallest absolute Gasteiger partial charge is 0.336 e. The van der Waals surface area contributed by atoms with Gasteiger partial charge in [0.1, 0.15) is 5.82 Å². The van der Waals surface area contributed by atoms with Gasteiger partial charge in [-0.2, -0.15) is 0 Å². The van der Waals surface area contributed by atoms with Crippen LogP contribution in [0.2, 0.25) is 5.02 Å². The summed E-state index contributed by atoms with van der Waals surface area (Å²) >= 11 is 6.08. The van der Waals surface area contributed by atoms with Crippen molar-refractivity contribution in [2.75, 3.05) is 0 Å². The van der Waals surface area contributed by atoms with Crippen molar-refractivity contribution in [1.29, 1.82) is 0 Å². The fraction of sp³-hybridized carbons (Fsp3) is 0. The Morgan fingerprint density at radius 2 is 2.00 bits per heavy atom. The zero-order valence-corrected chi connectivity index (χ0v) is 10.5. The number of aromatic nitrogens is 2. The third-order valence-corrected chi connectivity index (χ3v) is 3.24. The average Bonchev–Trinajstić information content (AvgIpc) is 2.84. The van der Waals surface area contributed by atoms with Crippen LogP contribution < -0.4 is 0 Å². The highest BCUT2D eigenvalue weighted by atomic mass is 35.5. The van der Waals surface area contributed by atoms with E-state index in [0.29, 0.717) is 16.4 Å². The molecule has 0 spiro atoms. The van der Waals surface area contributed by atoms with E-state index < -0.39 is 5.97 Å². The summed E-state index contributed by atoms with van der Waals surface area (Å²) in [6.07, 6.45) is 3.44. The van der Waals surface area contributed by atoms with E-state index >= 15 is 0 Å². The first kappa shape index (κ1) is 11.7. The molecule has 0 aliphatic heterocycles. The number of fused-ring (bicyclic) bond motifs is 1. The highest BCUT2D eigenvalue weighted by molar-refractivity contribution is 6.33. The molecule has 2 heterocycles. The van der Waals surface area contributed by atoms with Gasteiger partial charge in [0.15, 0.2) is 0 Å². The predicted molar refractivity (Wildman–Crippen MR) is 72.6 cm³/mol. The van der Waals surface area contributed by atoms with Gasteiger partial charge in [-0.25, -0.2) is 9.78 Å². The van der Waals surface area contributed by atoms with Crippen LogP contribution in [0.25, 0.3) is 16.9 Å². The second-order valence-electron chi connectivity index (χ2n) is 4.04. The molecule has 1 aromatic carbocycles. The Hall–Kier alpha value is -2.33. The lowest BCUT2D eigenvalue weighted by Gasteiger charge is -2.05. The van der Waals surface area contributed by atoms with Crippen LogP contribution in [-0.2, 0) is 0 Å². The van der Waals surface area contributed by atoms with E-state index in [0.717, 1.165) is 5.52 Å². The zero-order chi connectivity index (χ0) is 13.4. The third kappa shape index (κ3) is 1.86. The molecule has 19 heavy (non-hydrogen) atoms. The SMILES string of the molecule is O=C(O)c1ccccc1-c1ncc2c(Cl)cccn12. The number of pyridine rings is 1. The largest absolute Gasteiger partial charge is 0.478 e. The van der Waals surface area contributed by atoms with Crippen molar-refractivity contribution >= 4 is 23.1 Å². The summed E-state index contributed by atoms with van der Waals surface area (Å²) < 4.78 is 1.78. The first-order chi connectivity index (χ1) is 9.18. The van der Waals surface area contributed by atoms with Crippen molar-refractivity contribution < 1.29 is 9.90 Å². The minimum absolute atomic E-state index is 0.218. The number of carbonyl (C=O) groups is 1. The quantitative estimate of drug-likeness (QED) is 0.778. The number of imidazole rings is 1. The van der Waals surface area contributed by atoms with Crippen LogP contribution in [0, 0.1) is 0 Å². The highest BCUT2D eigenvalue weighted by Crippen LogP contribution is 2.26. The summed E-state index contributed by atoms with van der Waals surface area (Å²) in [5, 5.41) is 9.81. The first-order valence-corrected chi connectivity index (χ1v) is 6.00. The molecule has 4 nitrogen and oxygen atoms in total. The van der Waals surface area contributed by atoms with Gasteiger partial charge < -0.3 is 5.11 Å². The van der Waals surface area contributed by atoms with Crippen molar-refractivity contribution in [2.45, 2.75) is 0 Å². The number of rotatable bonds is 2. The number of halogens is 1. The molecule has 2 aromatic heterocycles. The van der Waals surface area contributed by atoms with E-state index in [1.54, 1.807) is 47.0 Å². The lowest BCUT2D eigenvalue weighted by atomic mass is 10.1.